The van der Waals surface area contributed by atoms with Crippen molar-refractivity contribution in [2.75, 3.05) is 14.2 Å². The summed E-state index contributed by atoms with van der Waals surface area (Å²) in [6, 6.07) is 11.1. The van der Waals surface area contributed by atoms with Crippen LogP contribution in [0.5, 0.6) is 17.4 Å². The minimum Gasteiger partial charge on any atom is -0.494 e. The number of rotatable bonds is 6. The van der Waals surface area contributed by atoms with Gasteiger partial charge in [-0.25, -0.2) is 8.42 Å². The summed E-state index contributed by atoms with van der Waals surface area (Å²) < 4.78 is 39.2. The Balaban J connectivity index is 2.08. The Morgan fingerprint density at radius 1 is 1.00 bits per heavy atom. The molecule has 1 aliphatic rings. The molecule has 4 rings (SSSR count). The number of aromatic nitrogens is 2. The Kier molecular flexibility index (Phi) is 6.16. The van der Waals surface area contributed by atoms with Crippen molar-refractivity contribution >= 4 is 9.84 Å². The minimum absolute atomic E-state index is 0.102. The van der Waals surface area contributed by atoms with Crippen molar-refractivity contribution in [2.45, 2.75) is 48.3 Å². The molecule has 174 valence electrons. The van der Waals surface area contributed by atoms with Gasteiger partial charge in [-0.05, 0) is 44.0 Å². The van der Waals surface area contributed by atoms with E-state index in [1.54, 1.807) is 30.3 Å². The van der Waals surface area contributed by atoms with E-state index in [-0.39, 0.29) is 16.5 Å². The lowest BCUT2D eigenvalue weighted by molar-refractivity contribution is 0.372. The summed E-state index contributed by atoms with van der Waals surface area (Å²) in [5.74, 6) is 0.149. The smallest absolute Gasteiger partial charge is 0.296 e. The predicted octanol–water partition coefficient (Wildman–Crippen LogP) is 3.75. The molecule has 1 aromatic heterocycles. The van der Waals surface area contributed by atoms with Gasteiger partial charge in [-0.15, -0.1) is 0 Å². The molecule has 1 saturated carbocycles. The van der Waals surface area contributed by atoms with Crippen molar-refractivity contribution in [1.29, 1.82) is 0 Å². The highest BCUT2D eigenvalue weighted by Crippen LogP contribution is 2.42. The third kappa shape index (κ3) is 3.97. The zero-order valence-electron chi connectivity index (χ0n) is 18.7. The van der Waals surface area contributed by atoms with E-state index in [1.165, 1.54) is 30.9 Å². The van der Waals surface area contributed by atoms with Crippen LogP contribution in [0.2, 0.25) is 0 Å². The van der Waals surface area contributed by atoms with Gasteiger partial charge >= 0.3 is 0 Å². The van der Waals surface area contributed by atoms with Gasteiger partial charge in [0.15, 0.2) is 4.90 Å². The molecule has 9 heteroatoms. The van der Waals surface area contributed by atoms with Gasteiger partial charge in [-0.3, -0.25) is 9.36 Å². The lowest BCUT2D eigenvalue weighted by Crippen LogP contribution is -2.26. The monoisotopic (exact) mass is 470 g/mol. The summed E-state index contributed by atoms with van der Waals surface area (Å²) in [6.07, 6.45) is 3.45. The number of methoxy groups -OCH3 is 2. The second-order valence-corrected chi connectivity index (χ2v) is 9.96. The number of sulfone groups is 1. The van der Waals surface area contributed by atoms with Crippen LogP contribution in [0.3, 0.4) is 0 Å². The Bertz CT molecular complexity index is 1320. The average molecular weight is 471 g/mol. The summed E-state index contributed by atoms with van der Waals surface area (Å²) >= 11 is 0. The zero-order chi connectivity index (χ0) is 23.8. The Morgan fingerprint density at radius 3 is 2.12 bits per heavy atom. The van der Waals surface area contributed by atoms with E-state index in [1.807, 2.05) is 6.92 Å². The van der Waals surface area contributed by atoms with E-state index >= 15 is 0 Å². The highest BCUT2D eigenvalue weighted by atomic mass is 32.2. The normalized spacial score (nSPS) is 14.4. The van der Waals surface area contributed by atoms with E-state index in [0.717, 1.165) is 31.2 Å². The molecule has 2 aromatic carbocycles. The van der Waals surface area contributed by atoms with Gasteiger partial charge in [0.2, 0.25) is 15.7 Å². The van der Waals surface area contributed by atoms with Gasteiger partial charge in [0.25, 0.3) is 5.56 Å². The maximum atomic E-state index is 13.4. The van der Waals surface area contributed by atoms with Gasteiger partial charge in [0.1, 0.15) is 23.0 Å². The molecule has 0 amide bonds. The fourth-order valence-corrected chi connectivity index (χ4v) is 5.65. The Morgan fingerprint density at radius 2 is 1.58 bits per heavy atom. The van der Waals surface area contributed by atoms with Crippen LogP contribution < -0.4 is 15.0 Å². The van der Waals surface area contributed by atoms with Crippen molar-refractivity contribution in [1.82, 2.24) is 9.55 Å². The second kappa shape index (κ2) is 8.90. The molecule has 1 heterocycles. The van der Waals surface area contributed by atoms with E-state index in [9.17, 15) is 18.3 Å². The van der Waals surface area contributed by atoms with Gasteiger partial charge in [0.05, 0.1) is 19.1 Å². The SMILES string of the molecule is COc1cccc(OC)c1-n1c(C2CCCC2)nc(=O)c(S(=O)(=O)c2ccc(C)cc2)c1O. The predicted molar refractivity (Wildman–Crippen MR) is 122 cm³/mol. The van der Waals surface area contributed by atoms with Crippen LogP contribution in [0.25, 0.3) is 5.69 Å². The number of ether oxygens (including phenoxy) is 2. The summed E-state index contributed by atoms with van der Waals surface area (Å²) in [5, 5.41) is 11.4. The van der Waals surface area contributed by atoms with Crippen LogP contribution in [0.15, 0.2) is 57.1 Å². The molecule has 1 aliphatic carbocycles. The fraction of sp³-hybridized carbons (Fsp3) is 0.333. The number of aryl methyl sites for hydroxylation is 1. The lowest BCUT2D eigenvalue weighted by Gasteiger charge is -2.23. The van der Waals surface area contributed by atoms with Crippen molar-refractivity contribution in [3.05, 3.63) is 64.2 Å². The third-order valence-electron chi connectivity index (χ3n) is 6.00. The van der Waals surface area contributed by atoms with E-state index in [4.69, 9.17) is 9.47 Å². The van der Waals surface area contributed by atoms with Crippen LogP contribution in [-0.2, 0) is 9.84 Å². The third-order valence-corrected chi connectivity index (χ3v) is 7.79. The highest BCUT2D eigenvalue weighted by molar-refractivity contribution is 7.91. The minimum atomic E-state index is -4.35. The number of para-hydroxylation sites is 1. The maximum Gasteiger partial charge on any atom is 0.296 e. The van der Waals surface area contributed by atoms with Crippen LogP contribution in [0.1, 0.15) is 43.0 Å². The van der Waals surface area contributed by atoms with Crippen molar-refractivity contribution in [3.8, 4) is 23.1 Å². The van der Waals surface area contributed by atoms with Crippen molar-refractivity contribution in [2.24, 2.45) is 0 Å². The maximum absolute atomic E-state index is 13.4. The standard InChI is InChI=1S/C24H26N2O6S/c1-15-11-13-17(14-12-15)33(29,30)21-23(27)25-22(16-7-4-5-8-16)26(24(21)28)20-18(31-2)9-6-10-19(20)32-3/h6,9-14,16,28H,4-5,7-8H2,1-3H3. The fourth-order valence-electron chi connectivity index (χ4n) is 4.31. The molecule has 0 bridgehead atoms. The Hall–Kier alpha value is -3.33. The summed E-state index contributed by atoms with van der Waals surface area (Å²) in [7, 11) is -1.43. The topological polar surface area (TPSA) is 108 Å². The molecule has 0 aliphatic heterocycles. The van der Waals surface area contributed by atoms with Crippen LogP contribution in [0, 0.1) is 6.92 Å². The molecule has 1 N–H and O–H groups in total. The molecule has 1 fully saturated rings. The Labute approximate surface area is 192 Å². The molecule has 0 saturated heterocycles. The number of hydrogen-bond donors (Lipinski definition) is 1. The summed E-state index contributed by atoms with van der Waals surface area (Å²) in [5.41, 5.74) is 0.166. The molecule has 0 radical (unpaired) electrons. The molecule has 3 aromatic rings. The average Bonchev–Trinajstić information content (AvgIpc) is 3.33. The molecule has 0 spiro atoms. The summed E-state index contributed by atoms with van der Waals surface area (Å²) in [4.78, 5) is 16.4. The van der Waals surface area contributed by atoms with E-state index < -0.39 is 26.2 Å². The van der Waals surface area contributed by atoms with E-state index in [0.29, 0.717) is 17.3 Å². The molecule has 0 unspecified atom stereocenters. The van der Waals surface area contributed by atoms with Crippen LogP contribution >= 0.6 is 0 Å². The van der Waals surface area contributed by atoms with Crippen LogP contribution in [-0.4, -0.2) is 37.3 Å². The van der Waals surface area contributed by atoms with Gasteiger partial charge < -0.3 is 14.6 Å². The molecule has 0 atom stereocenters. The molecular formula is C24H26N2O6S. The second-order valence-electron chi connectivity index (χ2n) is 8.07. The molecular weight excluding hydrogens is 444 g/mol. The van der Waals surface area contributed by atoms with Gasteiger partial charge in [-0.2, -0.15) is 4.98 Å². The van der Waals surface area contributed by atoms with Crippen molar-refractivity contribution < 1.29 is 23.0 Å². The first-order chi connectivity index (χ1) is 15.8. The van der Waals surface area contributed by atoms with Gasteiger partial charge in [-0.1, -0.05) is 36.6 Å². The number of aromatic hydroxyl groups is 1. The number of benzene rings is 2. The lowest BCUT2D eigenvalue weighted by atomic mass is 10.1. The first-order valence-electron chi connectivity index (χ1n) is 10.7. The molecule has 33 heavy (non-hydrogen) atoms. The zero-order valence-corrected chi connectivity index (χ0v) is 19.6. The number of nitrogens with zero attached hydrogens (tertiary/aromatic N) is 2. The van der Waals surface area contributed by atoms with Gasteiger partial charge in [0, 0.05) is 5.92 Å². The quantitative estimate of drug-likeness (QED) is 0.584. The first-order valence-corrected chi connectivity index (χ1v) is 12.2. The number of hydrogen-bond acceptors (Lipinski definition) is 7. The highest BCUT2D eigenvalue weighted by Gasteiger charge is 2.34. The summed E-state index contributed by atoms with van der Waals surface area (Å²) in [6.45, 7) is 1.83. The largest absolute Gasteiger partial charge is 0.494 e. The van der Waals surface area contributed by atoms with E-state index in [2.05, 4.69) is 4.98 Å². The molecule has 8 nitrogen and oxygen atoms in total. The van der Waals surface area contributed by atoms with Crippen LogP contribution in [0.4, 0.5) is 0 Å². The van der Waals surface area contributed by atoms with Crippen molar-refractivity contribution in [3.63, 3.8) is 0 Å². The first kappa shape index (κ1) is 22.8.